The molecule has 0 atom stereocenters. The van der Waals surface area contributed by atoms with Gasteiger partial charge in [0.25, 0.3) is 5.91 Å². The number of hydrogen-bond acceptors (Lipinski definition) is 6. The average molecular weight is 372 g/mol. The molecular formula is C18H20N4O3S. The van der Waals surface area contributed by atoms with Gasteiger partial charge in [-0.3, -0.25) is 4.79 Å². The highest BCUT2D eigenvalue weighted by Crippen LogP contribution is 2.42. The van der Waals surface area contributed by atoms with Crippen molar-refractivity contribution in [2.24, 2.45) is 0 Å². The highest BCUT2D eigenvalue weighted by molar-refractivity contribution is 7.10. The minimum absolute atomic E-state index is 0.216. The zero-order chi connectivity index (χ0) is 18.3. The molecular weight excluding hydrogens is 352 g/mol. The Bertz CT molecular complexity index is 858. The van der Waals surface area contributed by atoms with Crippen molar-refractivity contribution in [2.45, 2.75) is 6.92 Å². The van der Waals surface area contributed by atoms with Crippen LogP contribution < -0.4 is 10.2 Å². The molecule has 0 aliphatic carbocycles. The molecule has 8 heteroatoms. The highest BCUT2D eigenvalue weighted by atomic mass is 32.1. The van der Waals surface area contributed by atoms with Crippen molar-refractivity contribution in [3.8, 4) is 0 Å². The number of fused-ring (bicyclic) bond motifs is 2. The molecule has 1 aromatic carbocycles. The van der Waals surface area contributed by atoms with Gasteiger partial charge in [0.1, 0.15) is 0 Å². The number of hydrogen-bond donors (Lipinski definition) is 1. The van der Waals surface area contributed by atoms with E-state index in [1.165, 1.54) is 16.2 Å². The summed E-state index contributed by atoms with van der Waals surface area (Å²) in [5, 5.41) is 6.35. The molecule has 1 N–H and O–H groups in total. The number of carbonyl (C=O) groups excluding carboxylic acids is 2. The smallest absolute Gasteiger partial charge is 0.350 e. The number of rotatable bonds is 1. The number of benzene rings is 1. The maximum atomic E-state index is 13.1. The Balaban J connectivity index is 1.72. The van der Waals surface area contributed by atoms with Crippen molar-refractivity contribution < 1.29 is 14.4 Å². The molecule has 0 bridgehead atoms. The third-order valence-electron chi connectivity index (χ3n) is 4.66. The van der Waals surface area contributed by atoms with Crippen LogP contribution in [-0.4, -0.2) is 55.2 Å². The van der Waals surface area contributed by atoms with Gasteiger partial charge in [-0.2, -0.15) is 0 Å². The van der Waals surface area contributed by atoms with Crippen LogP contribution in [0.2, 0.25) is 0 Å². The predicted octanol–water partition coefficient (Wildman–Crippen LogP) is 3.06. The Morgan fingerprint density at radius 3 is 2.69 bits per heavy atom. The maximum Gasteiger partial charge on any atom is 0.438 e. The Morgan fingerprint density at radius 2 is 1.92 bits per heavy atom. The van der Waals surface area contributed by atoms with Crippen molar-refractivity contribution >= 4 is 40.4 Å². The van der Waals surface area contributed by atoms with Gasteiger partial charge in [0.2, 0.25) is 0 Å². The van der Waals surface area contributed by atoms with Crippen molar-refractivity contribution in [2.75, 3.05) is 43.4 Å². The van der Waals surface area contributed by atoms with Gasteiger partial charge in [-0.25, -0.2) is 9.69 Å². The summed E-state index contributed by atoms with van der Waals surface area (Å²) in [6.45, 7) is 4.90. The van der Waals surface area contributed by atoms with E-state index in [2.05, 4.69) is 10.2 Å². The molecule has 3 heterocycles. The van der Waals surface area contributed by atoms with Crippen LogP contribution in [0.1, 0.15) is 15.2 Å². The summed E-state index contributed by atoms with van der Waals surface area (Å²) < 4.78 is 0. The largest absolute Gasteiger partial charge is 0.438 e. The molecule has 7 nitrogen and oxygen atoms in total. The van der Waals surface area contributed by atoms with E-state index in [1.54, 1.807) is 16.5 Å². The van der Waals surface area contributed by atoms with Crippen molar-refractivity contribution in [1.82, 2.24) is 9.96 Å². The van der Waals surface area contributed by atoms with E-state index in [0.717, 1.165) is 18.0 Å². The Labute approximate surface area is 155 Å². The van der Waals surface area contributed by atoms with E-state index in [1.807, 2.05) is 32.2 Å². The molecule has 0 radical (unpaired) electrons. The SMILES string of the molecule is Cc1scc2c1N(C(=O)ON1CCN(C)CC1)c1ccccc1NC2=O. The third kappa shape index (κ3) is 2.96. The van der Waals surface area contributed by atoms with Gasteiger partial charge >= 0.3 is 6.09 Å². The van der Waals surface area contributed by atoms with Crippen LogP contribution in [0.3, 0.4) is 0 Å². The lowest BCUT2D eigenvalue weighted by Crippen LogP contribution is -2.46. The first-order valence-electron chi connectivity index (χ1n) is 8.48. The second-order valence-electron chi connectivity index (χ2n) is 6.45. The summed E-state index contributed by atoms with van der Waals surface area (Å²) in [6.07, 6.45) is -0.499. The second-order valence-corrected chi connectivity index (χ2v) is 7.53. The van der Waals surface area contributed by atoms with Gasteiger partial charge in [-0.1, -0.05) is 12.1 Å². The summed E-state index contributed by atoms with van der Waals surface area (Å²) in [4.78, 5) is 35.9. The topological polar surface area (TPSA) is 65.1 Å². The number of nitrogens with one attached hydrogen (secondary N) is 1. The minimum atomic E-state index is -0.499. The molecule has 0 spiro atoms. The van der Waals surface area contributed by atoms with Gasteiger partial charge in [0, 0.05) is 36.4 Å². The van der Waals surface area contributed by atoms with Gasteiger partial charge in [-0.05, 0) is 26.1 Å². The molecule has 0 saturated carbocycles. The maximum absolute atomic E-state index is 13.1. The number of para-hydroxylation sites is 2. The number of aryl methyl sites for hydroxylation is 1. The van der Waals surface area contributed by atoms with Gasteiger partial charge in [-0.15, -0.1) is 16.4 Å². The molecule has 0 unspecified atom stereocenters. The molecule has 26 heavy (non-hydrogen) atoms. The first-order valence-corrected chi connectivity index (χ1v) is 9.36. The van der Waals surface area contributed by atoms with Crippen molar-refractivity contribution in [1.29, 1.82) is 0 Å². The molecule has 4 rings (SSSR count). The van der Waals surface area contributed by atoms with Crippen LogP contribution in [0.25, 0.3) is 0 Å². The number of amides is 2. The lowest BCUT2D eigenvalue weighted by Gasteiger charge is -2.32. The number of hydroxylamine groups is 2. The van der Waals surface area contributed by atoms with Crippen LogP contribution >= 0.6 is 11.3 Å². The lowest BCUT2D eigenvalue weighted by molar-refractivity contribution is -0.117. The molecule has 136 valence electrons. The number of nitrogens with zero attached hydrogens (tertiary/aromatic N) is 3. The molecule has 2 amide bonds. The van der Waals surface area contributed by atoms with E-state index in [-0.39, 0.29) is 5.91 Å². The number of thiophene rings is 1. The molecule has 2 aliphatic heterocycles. The van der Waals surface area contributed by atoms with Crippen LogP contribution in [0, 0.1) is 6.92 Å². The van der Waals surface area contributed by atoms with Gasteiger partial charge < -0.3 is 15.1 Å². The zero-order valence-electron chi connectivity index (χ0n) is 14.7. The molecule has 1 fully saturated rings. The molecule has 1 saturated heterocycles. The van der Waals surface area contributed by atoms with E-state index in [9.17, 15) is 9.59 Å². The summed E-state index contributed by atoms with van der Waals surface area (Å²) in [7, 11) is 2.04. The van der Waals surface area contributed by atoms with E-state index in [0.29, 0.717) is 35.7 Å². The Hall–Kier alpha value is -2.42. The van der Waals surface area contributed by atoms with Gasteiger partial charge in [0.15, 0.2) is 0 Å². The fourth-order valence-corrected chi connectivity index (χ4v) is 4.02. The van der Waals surface area contributed by atoms with Crippen LogP contribution in [-0.2, 0) is 4.84 Å². The first-order chi connectivity index (χ1) is 12.5. The molecule has 2 aromatic rings. The predicted molar refractivity (Wildman–Crippen MR) is 101 cm³/mol. The van der Waals surface area contributed by atoms with Crippen LogP contribution in [0.4, 0.5) is 21.9 Å². The number of piperazine rings is 1. The monoisotopic (exact) mass is 372 g/mol. The van der Waals surface area contributed by atoms with E-state index >= 15 is 0 Å². The van der Waals surface area contributed by atoms with E-state index in [4.69, 9.17) is 4.84 Å². The first kappa shape index (κ1) is 17.0. The fraction of sp³-hybridized carbons (Fsp3) is 0.333. The standard InChI is InChI=1S/C18H20N4O3S/c1-12-16-13(11-26-12)17(23)19-14-5-3-4-6-15(14)22(16)18(24)25-21-9-7-20(2)8-10-21/h3-6,11H,7-10H2,1-2H3,(H,19,23). The van der Waals surface area contributed by atoms with Gasteiger partial charge in [0.05, 0.1) is 22.6 Å². The number of anilines is 3. The summed E-state index contributed by atoms with van der Waals surface area (Å²) >= 11 is 1.44. The Morgan fingerprint density at radius 1 is 1.19 bits per heavy atom. The van der Waals surface area contributed by atoms with Crippen molar-refractivity contribution in [3.63, 3.8) is 0 Å². The normalized spacial score (nSPS) is 17.9. The second kappa shape index (κ2) is 6.71. The lowest BCUT2D eigenvalue weighted by atomic mass is 10.2. The average Bonchev–Trinajstić information content (AvgIpc) is 2.94. The minimum Gasteiger partial charge on any atom is -0.350 e. The van der Waals surface area contributed by atoms with Crippen LogP contribution in [0.15, 0.2) is 29.6 Å². The number of likely N-dealkylation sites (N-methyl/N-ethyl adjacent to an activating group) is 1. The van der Waals surface area contributed by atoms with Crippen LogP contribution in [0.5, 0.6) is 0 Å². The fourth-order valence-electron chi connectivity index (χ4n) is 3.19. The molecule has 1 aromatic heterocycles. The van der Waals surface area contributed by atoms with E-state index < -0.39 is 6.09 Å². The third-order valence-corrected chi connectivity index (χ3v) is 5.56. The summed E-state index contributed by atoms with van der Waals surface area (Å²) in [5.41, 5.74) is 2.28. The highest BCUT2D eigenvalue weighted by Gasteiger charge is 2.34. The van der Waals surface area contributed by atoms with Crippen molar-refractivity contribution in [3.05, 3.63) is 40.1 Å². The molecule has 2 aliphatic rings. The summed E-state index contributed by atoms with van der Waals surface area (Å²) in [6, 6.07) is 7.27. The quantitative estimate of drug-likeness (QED) is 0.833. The Kier molecular flexibility index (Phi) is 4.39. The zero-order valence-corrected chi connectivity index (χ0v) is 15.5. The number of carbonyl (C=O) groups is 2. The summed E-state index contributed by atoms with van der Waals surface area (Å²) in [5.74, 6) is -0.216.